The molecule has 1 aromatic carbocycles. The highest BCUT2D eigenvalue weighted by atomic mass is 35.5. The van der Waals surface area contributed by atoms with Crippen molar-refractivity contribution in [2.45, 2.75) is 44.2 Å². The number of hydrogen-bond acceptors (Lipinski definition) is 4. The summed E-state index contributed by atoms with van der Waals surface area (Å²) in [7, 11) is 1.62. The van der Waals surface area contributed by atoms with Gasteiger partial charge in [-0.05, 0) is 69.5 Å². The van der Waals surface area contributed by atoms with Gasteiger partial charge < -0.3 is 20.3 Å². The number of ether oxygens (including phenoxy) is 1. The van der Waals surface area contributed by atoms with Gasteiger partial charge in [-0.2, -0.15) is 0 Å². The van der Waals surface area contributed by atoms with Gasteiger partial charge in [-0.25, -0.2) is 4.39 Å². The standard InChI is InChI=1S/C19H28FN3O2.2ClH/c1-14-12-15(20)5-6-17(14)23-11-3-4-16(13-23)22-18(24)19(25-2)7-9-21-10-8-19;;/h5-6,12,16,21H,3-4,7-11,13H2,1-2H3,(H,22,24);2*1H. The van der Waals surface area contributed by atoms with Crippen molar-refractivity contribution in [2.24, 2.45) is 0 Å². The van der Waals surface area contributed by atoms with Crippen molar-refractivity contribution in [1.82, 2.24) is 10.6 Å². The first-order valence-corrected chi connectivity index (χ1v) is 9.12. The average Bonchev–Trinajstić information content (AvgIpc) is 2.62. The van der Waals surface area contributed by atoms with Gasteiger partial charge in [0.1, 0.15) is 11.4 Å². The maximum atomic E-state index is 13.4. The Morgan fingerprint density at radius 1 is 1.33 bits per heavy atom. The number of benzene rings is 1. The topological polar surface area (TPSA) is 53.6 Å². The zero-order valence-corrected chi connectivity index (χ0v) is 17.6. The molecule has 0 aromatic heterocycles. The van der Waals surface area contributed by atoms with Gasteiger partial charge in [0.15, 0.2) is 0 Å². The van der Waals surface area contributed by atoms with Crippen molar-refractivity contribution in [3.8, 4) is 0 Å². The number of anilines is 1. The summed E-state index contributed by atoms with van der Waals surface area (Å²) < 4.78 is 19.0. The summed E-state index contributed by atoms with van der Waals surface area (Å²) in [6.07, 6.45) is 3.36. The summed E-state index contributed by atoms with van der Waals surface area (Å²) in [6.45, 7) is 5.20. The number of methoxy groups -OCH3 is 1. The maximum Gasteiger partial charge on any atom is 0.252 e. The van der Waals surface area contributed by atoms with Crippen LogP contribution in [0.3, 0.4) is 0 Å². The molecule has 0 spiro atoms. The first-order valence-electron chi connectivity index (χ1n) is 9.12. The summed E-state index contributed by atoms with van der Waals surface area (Å²) >= 11 is 0. The normalized spacial score (nSPS) is 21.6. The van der Waals surface area contributed by atoms with Gasteiger partial charge in [0.2, 0.25) is 0 Å². The number of rotatable bonds is 4. The second kappa shape index (κ2) is 10.5. The Balaban J connectivity index is 0.00000182. The molecule has 2 saturated heterocycles. The van der Waals surface area contributed by atoms with Gasteiger partial charge in [-0.15, -0.1) is 24.8 Å². The van der Waals surface area contributed by atoms with Crippen molar-refractivity contribution in [1.29, 1.82) is 0 Å². The van der Waals surface area contributed by atoms with Gasteiger partial charge >= 0.3 is 0 Å². The summed E-state index contributed by atoms with van der Waals surface area (Å²) in [4.78, 5) is 15.1. The summed E-state index contributed by atoms with van der Waals surface area (Å²) in [6, 6.07) is 4.98. The Hall–Kier alpha value is -1.08. The minimum atomic E-state index is -0.709. The highest BCUT2D eigenvalue weighted by Crippen LogP contribution is 2.26. The monoisotopic (exact) mass is 421 g/mol. The van der Waals surface area contributed by atoms with Crippen molar-refractivity contribution in [2.75, 3.05) is 38.2 Å². The molecular formula is C19H30Cl2FN3O2. The Labute approximate surface area is 173 Å². The Morgan fingerprint density at radius 3 is 2.67 bits per heavy atom. The van der Waals surface area contributed by atoms with E-state index in [1.165, 1.54) is 6.07 Å². The molecule has 8 heteroatoms. The van der Waals surface area contributed by atoms with E-state index in [0.29, 0.717) is 12.8 Å². The van der Waals surface area contributed by atoms with E-state index in [0.717, 1.165) is 50.3 Å². The molecule has 3 rings (SSSR count). The number of carbonyl (C=O) groups excluding carboxylic acids is 1. The molecule has 5 nitrogen and oxygen atoms in total. The lowest BCUT2D eigenvalue weighted by Gasteiger charge is -2.39. The summed E-state index contributed by atoms with van der Waals surface area (Å²) in [5.41, 5.74) is 1.27. The number of halogens is 3. The number of amides is 1. The predicted octanol–water partition coefficient (Wildman–Crippen LogP) is 2.83. The molecular weight excluding hydrogens is 392 g/mol. The zero-order chi connectivity index (χ0) is 17.9. The quantitative estimate of drug-likeness (QED) is 0.784. The molecule has 1 unspecified atom stereocenters. The number of carbonyl (C=O) groups is 1. The highest BCUT2D eigenvalue weighted by molar-refractivity contribution is 5.86. The number of nitrogens with zero attached hydrogens (tertiary/aromatic N) is 1. The van der Waals surface area contributed by atoms with Crippen LogP contribution in [-0.2, 0) is 9.53 Å². The highest BCUT2D eigenvalue weighted by Gasteiger charge is 2.40. The van der Waals surface area contributed by atoms with Crippen molar-refractivity contribution < 1.29 is 13.9 Å². The van der Waals surface area contributed by atoms with E-state index in [2.05, 4.69) is 15.5 Å². The van der Waals surface area contributed by atoms with Gasteiger partial charge in [0.25, 0.3) is 5.91 Å². The molecule has 2 aliphatic rings. The predicted molar refractivity (Wildman–Crippen MR) is 111 cm³/mol. The molecule has 2 aliphatic heterocycles. The zero-order valence-electron chi connectivity index (χ0n) is 15.9. The molecule has 27 heavy (non-hydrogen) atoms. The summed E-state index contributed by atoms with van der Waals surface area (Å²) in [5, 5.41) is 6.48. The van der Waals surface area contributed by atoms with Crippen LogP contribution in [0.5, 0.6) is 0 Å². The molecule has 1 aromatic rings. The lowest BCUT2D eigenvalue weighted by atomic mass is 9.90. The number of piperidine rings is 2. The van der Waals surface area contributed by atoms with Crippen LogP contribution in [0.25, 0.3) is 0 Å². The van der Waals surface area contributed by atoms with Gasteiger partial charge in [-0.3, -0.25) is 4.79 Å². The van der Waals surface area contributed by atoms with E-state index in [1.807, 2.05) is 13.0 Å². The lowest BCUT2D eigenvalue weighted by molar-refractivity contribution is -0.147. The largest absolute Gasteiger partial charge is 0.369 e. The molecule has 0 saturated carbocycles. The van der Waals surface area contributed by atoms with Gasteiger partial charge in [-0.1, -0.05) is 0 Å². The molecule has 1 amide bonds. The fourth-order valence-corrected chi connectivity index (χ4v) is 3.96. The average molecular weight is 422 g/mol. The van der Waals surface area contributed by atoms with E-state index < -0.39 is 5.60 Å². The van der Waals surface area contributed by atoms with Crippen LogP contribution >= 0.6 is 24.8 Å². The Bertz CT molecular complexity index is 627. The Morgan fingerprint density at radius 2 is 2.04 bits per heavy atom. The van der Waals surface area contributed by atoms with Crippen LogP contribution in [0, 0.1) is 12.7 Å². The molecule has 0 aliphatic carbocycles. The van der Waals surface area contributed by atoms with Crippen molar-refractivity contribution in [3.63, 3.8) is 0 Å². The van der Waals surface area contributed by atoms with Crippen LogP contribution in [0.2, 0.25) is 0 Å². The van der Waals surface area contributed by atoms with Crippen molar-refractivity contribution >= 4 is 36.4 Å². The van der Waals surface area contributed by atoms with E-state index >= 15 is 0 Å². The lowest BCUT2D eigenvalue weighted by Crippen LogP contribution is -2.58. The second-order valence-electron chi connectivity index (χ2n) is 7.14. The third kappa shape index (κ3) is 5.47. The fourth-order valence-electron chi connectivity index (χ4n) is 3.96. The van der Waals surface area contributed by atoms with Crippen LogP contribution < -0.4 is 15.5 Å². The van der Waals surface area contributed by atoms with Crippen LogP contribution in [0.1, 0.15) is 31.2 Å². The molecule has 0 radical (unpaired) electrons. The minimum absolute atomic E-state index is 0. The minimum Gasteiger partial charge on any atom is -0.369 e. The fraction of sp³-hybridized carbons (Fsp3) is 0.632. The first-order chi connectivity index (χ1) is 12.0. The molecule has 0 bridgehead atoms. The van der Waals surface area contributed by atoms with Crippen LogP contribution in [0.15, 0.2) is 18.2 Å². The SMILES string of the molecule is COC1(C(=O)NC2CCCN(c3ccc(F)cc3C)C2)CCNCC1.Cl.Cl. The van der Waals surface area contributed by atoms with Crippen molar-refractivity contribution in [3.05, 3.63) is 29.6 Å². The van der Waals surface area contributed by atoms with E-state index in [1.54, 1.807) is 13.2 Å². The molecule has 1 atom stereocenters. The van der Waals surface area contributed by atoms with Crippen LogP contribution in [-0.4, -0.2) is 50.8 Å². The van der Waals surface area contributed by atoms with E-state index in [9.17, 15) is 9.18 Å². The van der Waals surface area contributed by atoms with E-state index in [-0.39, 0.29) is 42.6 Å². The molecule has 2 fully saturated rings. The van der Waals surface area contributed by atoms with Crippen LogP contribution in [0.4, 0.5) is 10.1 Å². The molecule has 2 N–H and O–H groups in total. The summed E-state index contributed by atoms with van der Waals surface area (Å²) in [5.74, 6) is -0.213. The number of aryl methyl sites for hydroxylation is 1. The smallest absolute Gasteiger partial charge is 0.252 e. The van der Waals surface area contributed by atoms with Gasteiger partial charge in [0, 0.05) is 31.9 Å². The third-order valence-electron chi connectivity index (χ3n) is 5.47. The maximum absolute atomic E-state index is 13.4. The van der Waals surface area contributed by atoms with Gasteiger partial charge in [0.05, 0.1) is 0 Å². The third-order valence-corrected chi connectivity index (χ3v) is 5.47. The second-order valence-corrected chi connectivity index (χ2v) is 7.14. The number of hydrogen-bond donors (Lipinski definition) is 2. The van der Waals surface area contributed by atoms with E-state index in [4.69, 9.17) is 4.74 Å². The molecule has 2 heterocycles. The first kappa shape index (κ1) is 24.0. The molecule has 154 valence electrons. The Kier molecular flexibility index (Phi) is 9.28. The number of nitrogens with one attached hydrogen (secondary N) is 2.